The molecule has 0 spiro atoms. The zero-order chi connectivity index (χ0) is 12.2. The van der Waals surface area contributed by atoms with Crippen molar-refractivity contribution in [3.8, 4) is 0 Å². The van der Waals surface area contributed by atoms with E-state index in [1.807, 2.05) is 41.5 Å². The molecular weight excluding hydrogens is 213 g/mol. The number of hydrogen-bond acceptors (Lipinski definition) is 4. The molecule has 0 aromatic carbocycles. The van der Waals surface area contributed by atoms with E-state index in [0.717, 1.165) is 0 Å². The van der Waals surface area contributed by atoms with Crippen molar-refractivity contribution in [3.05, 3.63) is 0 Å². The van der Waals surface area contributed by atoms with Crippen LogP contribution in [-0.2, 0) is 13.6 Å². The summed E-state index contributed by atoms with van der Waals surface area (Å²) >= 11 is 0. The maximum atomic E-state index is 12.4. The molecule has 1 atom stereocenters. The van der Waals surface area contributed by atoms with Crippen molar-refractivity contribution in [1.29, 1.82) is 0 Å². The zero-order valence-corrected chi connectivity index (χ0v) is 11.5. The second kappa shape index (κ2) is 6.00. The molecule has 5 heteroatoms. The van der Waals surface area contributed by atoms with Gasteiger partial charge in [-0.2, -0.15) is 0 Å². The molecule has 0 saturated carbocycles. The summed E-state index contributed by atoms with van der Waals surface area (Å²) in [5.74, 6) is -0.504. The van der Waals surface area contributed by atoms with Crippen molar-refractivity contribution < 1.29 is 13.6 Å². The number of rotatable bonds is 6. The summed E-state index contributed by atoms with van der Waals surface area (Å²) in [7, 11) is -3.20. The molecule has 0 aliphatic rings. The van der Waals surface area contributed by atoms with E-state index in [1.165, 1.54) is 0 Å². The summed E-state index contributed by atoms with van der Waals surface area (Å²) in [6.07, 6.45) is -0.307. The van der Waals surface area contributed by atoms with Gasteiger partial charge in [0, 0.05) is 0 Å². The van der Waals surface area contributed by atoms with Crippen LogP contribution < -0.4 is 5.73 Å². The van der Waals surface area contributed by atoms with Crippen molar-refractivity contribution >= 4 is 7.60 Å². The van der Waals surface area contributed by atoms with Gasteiger partial charge in [0.05, 0.1) is 12.2 Å². The zero-order valence-electron chi connectivity index (χ0n) is 10.6. The van der Waals surface area contributed by atoms with E-state index >= 15 is 0 Å². The highest BCUT2D eigenvalue weighted by Crippen LogP contribution is 2.55. The van der Waals surface area contributed by atoms with Gasteiger partial charge in [-0.3, -0.25) is 4.57 Å². The highest BCUT2D eigenvalue weighted by atomic mass is 31.2. The Morgan fingerprint density at radius 1 is 0.933 bits per heavy atom. The molecule has 0 fully saturated rings. The van der Waals surface area contributed by atoms with Crippen molar-refractivity contribution in [2.45, 2.75) is 59.5 Å². The van der Waals surface area contributed by atoms with Gasteiger partial charge in [0.25, 0.3) is 0 Å². The fraction of sp³-hybridized carbons (Fsp3) is 1.00. The van der Waals surface area contributed by atoms with Crippen molar-refractivity contribution in [2.24, 2.45) is 11.7 Å². The average molecular weight is 237 g/mol. The van der Waals surface area contributed by atoms with Crippen LogP contribution in [0.1, 0.15) is 41.5 Å². The molecule has 0 amide bonds. The Hall–Kier alpha value is 0.110. The maximum Gasteiger partial charge on any atom is 0.347 e. The molecule has 0 aliphatic carbocycles. The van der Waals surface area contributed by atoms with Crippen LogP contribution in [0.4, 0.5) is 0 Å². The van der Waals surface area contributed by atoms with Crippen LogP contribution in [0.3, 0.4) is 0 Å². The first-order valence-corrected chi connectivity index (χ1v) is 7.02. The summed E-state index contributed by atoms with van der Waals surface area (Å²) in [5, 5.41) is 0. The second-order valence-electron chi connectivity index (χ2n) is 4.58. The Kier molecular flexibility index (Phi) is 6.04. The third-order valence-electron chi connectivity index (χ3n) is 1.76. The molecule has 0 heterocycles. The summed E-state index contributed by atoms with van der Waals surface area (Å²) < 4.78 is 23.2. The molecule has 0 bridgehead atoms. The standard InChI is InChI=1S/C10H24NO3P/c1-7(2)10(11)15(12,13-8(3)4)14-9(5)6/h7-10H,11H2,1-6H3/t10-/m0/s1. The fourth-order valence-corrected chi connectivity index (χ4v) is 3.35. The van der Waals surface area contributed by atoms with E-state index in [-0.39, 0.29) is 18.1 Å². The molecule has 0 rings (SSSR count). The Morgan fingerprint density at radius 3 is 1.47 bits per heavy atom. The molecular formula is C10H24NO3P. The minimum atomic E-state index is -3.20. The first-order chi connectivity index (χ1) is 6.69. The highest BCUT2D eigenvalue weighted by Gasteiger charge is 2.37. The van der Waals surface area contributed by atoms with E-state index in [9.17, 15) is 4.57 Å². The topological polar surface area (TPSA) is 61.5 Å². The van der Waals surface area contributed by atoms with Crippen molar-refractivity contribution in [1.82, 2.24) is 0 Å². The quantitative estimate of drug-likeness (QED) is 0.721. The maximum absolute atomic E-state index is 12.4. The van der Waals surface area contributed by atoms with Gasteiger partial charge in [-0.1, -0.05) is 13.8 Å². The van der Waals surface area contributed by atoms with E-state index in [4.69, 9.17) is 14.8 Å². The normalized spacial score (nSPS) is 15.3. The van der Waals surface area contributed by atoms with Gasteiger partial charge in [0.1, 0.15) is 5.78 Å². The average Bonchev–Trinajstić information content (AvgIpc) is 1.99. The third kappa shape index (κ3) is 5.12. The highest BCUT2D eigenvalue weighted by molar-refractivity contribution is 7.54. The minimum Gasteiger partial charge on any atom is -0.317 e. The minimum absolute atomic E-state index is 0.0633. The molecule has 92 valence electrons. The lowest BCUT2D eigenvalue weighted by molar-refractivity contribution is 0.133. The largest absolute Gasteiger partial charge is 0.347 e. The van der Waals surface area contributed by atoms with Crippen LogP contribution in [0.15, 0.2) is 0 Å². The van der Waals surface area contributed by atoms with Gasteiger partial charge < -0.3 is 14.8 Å². The first-order valence-electron chi connectivity index (χ1n) is 5.41. The molecule has 4 nitrogen and oxygen atoms in total. The van der Waals surface area contributed by atoms with Gasteiger partial charge in [-0.15, -0.1) is 0 Å². The van der Waals surface area contributed by atoms with Crippen LogP contribution in [0.5, 0.6) is 0 Å². The van der Waals surface area contributed by atoms with E-state index < -0.39 is 13.4 Å². The predicted octanol–water partition coefficient (Wildman–Crippen LogP) is 2.97. The number of nitrogens with two attached hydrogens (primary N) is 1. The SMILES string of the molecule is CC(C)OP(=O)(OC(C)C)[C@H](N)C(C)C. The number of hydrogen-bond donors (Lipinski definition) is 1. The summed E-state index contributed by atoms with van der Waals surface area (Å²) in [6, 6.07) is 0. The van der Waals surface area contributed by atoms with E-state index in [1.54, 1.807) is 0 Å². The molecule has 0 radical (unpaired) electrons. The second-order valence-corrected chi connectivity index (χ2v) is 6.68. The lowest BCUT2D eigenvalue weighted by Crippen LogP contribution is -2.30. The third-order valence-corrected chi connectivity index (χ3v) is 4.52. The molecule has 0 aliphatic heterocycles. The monoisotopic (exact) mass is 237 g/mol. The summed E-state index contributed by atoms with van der Waals surface area (Å²) in [6.45, 7) is 11.1. The smallest absolute Gasteiger partial charge is 0.317 e. The van der Waals surface area contributed by atoms with Gasteiger partial charge in [0.15, 0.2) is 0 Å². The molecule has 0 aromatic rings. The fourth-order valence-electron chi connectivity index (χ4n) is 1.12. The van der Waals surface area contributed by atoms with Gasteiger partial charge in [0.2, 0.25) is 0 Å². The molecule has 15 heavy (non-hydrogen) atoms. The molecule has 2 N–H and O–H groups in total. The Bertz CT molecular complexity index is 215. The van der Waals surface area contributed by atoms with Crippen LogP contribution in [-0.4, -0.2) is 18.0 Å². The van der Waals surface area contributed by atoms with Crippen LogP contribution in [0.2, 0.25) is 0 Å². The van der Waals surface area contributed by atoms with Crippen molar-refractivity contribution in [2.75, 3.05) is 0 Å². The lowest BCUT2D eigenvalue weighted by Gasteiger charge is -2.29. The van der Waals surface area contributed by atoms with E-state index in [0.29, 0.717) is 0 Å². The lowest BCUT2D eigenvalue weighted by atomic mass is 10.2. The first kappa shape index (κ1) is 15.1. The summed E-state index contributed by atoms with van der Waals surface area (Å²) in [5.41, 5.74) is 5.88. The Labute approximate surface area is 93.1 Å². The van der Waals surface area contributed by atoms with Crippen LogP contribution >= 0.6 is 7.60 Å². The molecule has 0 saturated heterocycles. The van der Waals surface area contributed by atoms with Gasteiger partial charge >= 0.3 is 7.60 Å². The van der Waals surface area contributed by atoms with Crippen LogP contribution in [0.25, 0.3) is 0 Å². The van der Waals surface area contributed by atoms with Crippen molar-refractivity contribution in [3.63, 3.8) is 0 Å². The van der Waals surface area contributed by atoms with Gasteiger partial charge in [-0.25, -0.2) is 0 Å². The van der Waals surface area contributed by atoms with Crippen LogP contribution in [0, 0.1) is 5.92 Å². The summed E-state index contributed by atoms with van der Waals surface area (Å²) in [4.78, 5) is 0. The molecule has 0 unspecified atom stereocenters. The Balaban J connectivity index is 4.77. The predicted molar refractivity (Wildman–Crippen MR) is 62.9 cm³/mol. The Morgan fingerprint density at radius 2 is 1.27 bits per heavy atom. The van der Waals surface area contributed by atoms with Gasteiger partial charge in [-0.05, 0) is 33.6 Å². The molecule has 0 aromatic heterocycles. The van der Waals surface area contributed by atoms with E-state index in [2.05, 4.69) is 0 Å².